The van der Waals surface area contributed by atoms with Crippen molar-refractivity contribution in [2.24, 2.45) is 0 Å². The molecule has 0 atom stereocenters. The molecular weight excluding hydrogens is 242 g/mol. The van der Waals surface area contributed by atoms with E-state index in [2.05, 4.69) is 5.32 Å². The fourth-order valence-electron chi connectivity index (χ4n) is 1.38. The number of methoxy groups -OCH3 is 1. The highest BCUT2D eigenvalue weighted by atomic mass is 32.2. The number of nitrogens with one attached hydrogen (secondary N) is 1. The molecule has 2 rings (SSSR count). The lowest BCUT2D eigenvalue weighted by atomic mass is 10.1. The second kappa shape index (κ2) is 4.50. The summed E-state index contributed by atoms with van der Waals surface area (Å²) >= 11 is 0.800. The molecule has 88 valence electrons. The number of benzene rings is 1. The first kappa shape index (κ1) is 11.5. The van der Waals surface area contributed by atoms with Gasteiger partial charge in [-0.15, -0.1) is 0 Å². The molecule has 1 fully saturated rings. The maximum absolute atomic E-state index is 11.3. The highest BCUT2D eigenvalue weighted by Gasteiger charge is 2.25. The average Bonchev–Trinajstić information content (AvgIpc) is 2.60. The second-order valence-corrected chi connectivity index (χ2v) is 4.27. The van der Waals surface area contributed by atoms with Gasteiger partial charge in [0.2, 0.25) is 0 Å². The van der Waals surface area contributed by atoms with Gasteiger partial charge in [-0.3, -0.25) is 14.9 Å². The van der Waals surface area contributed by atoms with Gasteiger partial charge in [0.25, 0.3) is 11.1 Å². The van der Waals surface area contributed by atoms with Crippen LogP contribution in [0.4, 0.5) is 4.79 Å². The van der Waals surface area contributed by atoms with Crippen molar-refractivity contribution in [3.05, 3.63) is 28.7 Å². The maximum atomic E-state index is 11.3. The van der Waals surface area contributed by atoms with Crippen LogP contribution in [0.25, 0.3) is 6.08 Å². The molecule has 17 heavy (non-hydrogen) atoms. The van der Waals surface area contributed by atoms with Crippen molar-refractivity contribution in [1.82, 2.24) is 5.32 Å². The molecule has 0 aromatic heterocycles. The Bertz CT molecular complexity index is 524. The van der Waals surface area contributed by atoms with Crippen molar-refractivity contribution in [2.75, 3.05) is 7.11 Å². The lowest BCUT2D eigenvalue weighted by molar-refractivity contribution is -0.115. The number of imide groups is 1. The summed E-state index contributed by atoms with van der Waals surface area (Å²) in [6.45, 7) is 0. The zero-order chi connectivity index (χ0) is 12.4. The minimum absolute atomic E-state index is 0.0600. The van der Waals surface area contributed by atoms with Crippen LogP contribution in [0.2, 0.25) is 0 Å². The smallest absolute Gasteiger partial charge is 0.290 e. The number of para-hydroxylation sites is 1. The third kappa shape index (κ3) is 2.26. The van der Waals surface area contributed by atoms with Crippen molar-refractivity contribution in [1.29, 1.82) is 0 Å². The van der Waals surface area contributed by atoms with Crippen LogP contribution >= 0.6 is 11.8 Å². The molecular formula is C11H9NO4S. The molecule has 2 amide bonds. The van der Waals surface area contributed by atoms with Gasteiger partial charge in [-0.2, -0.15) is 0 Å². The molecule has 0 bridgehead atoms. The topological polar surface area (TPSA) is 75.6 Å². The Morgan fingerprint density at radius 2 is 2.18 bits per heavy atom. The average molecular weight is 251 g/mol. The Hall–Kier alpha value is -1.95. The molecule has 0 unspecified atom stereocenters. The van der Waals surface area contributed by atoms with E-state index in [1.54, 1.807) is 18.2 Å². The van der Waals surface area contributed by atoms with Gasteiger partial charge in [0, 0.05) is 5.56 Å². The van der Waals surface area contributed by atoms with Crippen molar-refractivity contribution in [2.45, 2.75) is 0 Å². The van der Waals surface area contributed by atoms with Gasteiger partial charge in [-0.25, -0.2) is 0 Å². The number of hydrogen-bond acceptors (Lipinski definition) is 5. The molecule has 0 saturated carbocycles. The molecule has 6 heteroatoms. The van der Waals surface area contributed by atoms with Gasteiger partial charge in [-0.05, 0) is 23.9 Å². The highest BCUT2D eigenvalue weighted by molar-refractivity contribution is 8.18. The zero-order valence-electron chi connectivity index (χ0n) is 8.89. The molecule has 0 aliphatic carbocycles. The monoisotopic (exact) mass is 251 g/mol. The summed E-state index contributed by atoms with van der Waals surface area (Å²) in [5, 5.41) is 11.5. The largest absolute Gasteiger partial charge is 0.504 e. The third-order valence-corrected chi connectivity index (χ3v) is 2.99. The molecule has 0 spiro atoms. The standard InChI is InChI=1S/C11H9NO4S/c1-16-7-4-2-3-6(9(7)13)5-8-10(14)12-11(15)17-8/h2-5,13H,1H3,(H,12,14,15)/b8-5-. The van der Waals surface area contributed by atoms with Crippen LogP contribution in [-0.2, 0) is 4.79 Å². The fourth-order valence-corrected chi connectivity index (χ4v) is 2.06. The maximum Gasteiger partial charge on any atom is 0.290 e. The first-order chi connectivity index (χ1) is 8.11. The number of hydrogen-bond donors (Lipinski definition) is 2. The zero-order valence-corrected chi connectivity index (χ0v) is 9.71. The van der Waals surface area contributed by atoms with Crippen LogP contribution in [-0.4, -0.2) is 23.4 Å². The Balaban J connectivity index is 2.39. The van der Waals surface area contributed by atoms with E-state index in [4.69, 9.17) is 4.74 Å². The molecule has 5 nitrogen and oxygen atoms in total. The number of rotatable bonds is 2. The predicted molar refractivity (Wildman–Crippen MR) is 63.8 cm³/mol. The molecule has 1 aliphatic rings. The Kier molecular flexibility index (Phi) is 3.06. The van der Waals surface area contributed by atoms with Crippen molar-refractivity contribution < 1.29 is 19.4 Å². The number of amides is 2. The molecule has 1 aromatic carbocycles. The van der Waals surface area contributed by atoms with E-state index in [1.165, 1.54) is 13.2 Å². The second-order valence-electron chi connectivity index (χ2n) is 3.25. The van der Waals surface area contributed by atoms with Gasteiger partial charge in [0.1, 0.15) is 0 Å². The SMILES string of the molecule is COc1cccc(/C=C2\SC(=O)NC2=O)c1O. The van der Waals surface area contributed by atoms with Crippen LogP contribution in [0.3, 0.4) is 0 Å². The summed E-state index contributed by atoms with van der Waals surface area (Å²) in [7, 11) is 1.44. The van der Waals surface area contributed by atoms with E-state index < -0.39 is 11.1 Å². The number of carbonyl (C=O) groups is 2. The van der Waals surface area contributed by atoms with E-state index in [1.807, 2.05) is 0 Å². The van der Waals surface area contributed by atoms with Crippen molar-refractivity contribution >= 4 is 29.0 Å². The van der Waals surface area contributed by atoms with Crippen LogP contribution < -0.4 is 10.1 Å². The lowest BCUT2D eigenvalue weighted by Crippen LogP contribution is -2.17. The van der Waals surface area contributed by atoms with E-state index in [0.29, 0.717) is 11.3 Å². The van der Waals surface area contributed by atoms with E-state index in [9.17, 15) is 14.7 Å². The molecule has 1 aliphatic heterocycles. The quantitative estimate of drug-likeness (QED) is 0.783. The third-order valence-electron chi connectivity index (χ3n) is 2.18. The Labute approximate surface area is 101 Å². The first-order valence-electron chi connectivity index (χ1n) is 4.72. The number of ether oxygens (including phenoxy) is 1. The molecule has 1 saturated heterocycles. The normalized spacial score (nSPS) is 17.4. The van der Waals surface area contributed by atoms with Crippen molar-refractivity contribution in [3.8, 4) is 11.5 Å². The number of carbonyl (C=O) groups excluding carboxylic acids is 2. The Morgan fingerprint density at radius 1 is 1.41 bits per heavy atom. The number of phenolic OH excluding ortho intramolecular Hbond substituents is 1. The fraction of sp³-hybridized carbons (Fsp3) is 0.0909. The van der Waals surface area contributed by atoms with Gasteiger partial charge in [0.15, 0.2) is 11.5 Å². The van der Waals surface area contributed by atoms with Gasteiger partial charge < -0.3 is 9.84 Å². The first-order valence-corrected chi connectivity index (χ1v) is 5.54. The number of aromatic hydroxyl groups is 1. The summed E-state index contributed by atoms with van der Waals surface area (Å²) in [6, 6.07) is 4.91. The number of thioether (sulfide) groups is 1. The minimum Gasteiger partial charge on any atom is -0.504 e. The molecule has 0 radical (unpaired) electrons. The summed E-state index contributed by atoms with van der Waals surface area (Å²) in [4.78, 5) is 22.5. The Morgan fingerprint density at radius 3 is 2.76 bits per heavy atom. The van der Waals surface area contributed by atoms with Crippen LogP contribution in [0.15, 0.2) is 23.1 Å². The minimum atomic E-state index is -0.456. The molecule has 2 N–H and O–H groups in total. The molecule has 1 aromatic rings. The van der Waals surface area contributed by atoms with E-state index in [-0.39, 0.29) is 10.7 Å². The van der Waals surface area contributed by atoms with Gasteiger partial charge >= 0.3 is 0 Å². The lowest BCUT2D eigenvalue weighted by Gasteiger charge is -2.05. The molecule has 1 heterocycles. The summed E-state index contributed by atoms with van der Waals surface area (Å²) in [5.74, 6) is -0.202. The highest BCUT2D eigenvalue weighted by Crippen LogP contribution is 2.33. The van der Waals surface area contributed by atoms with Crippen LogP contribution in [0.1, 0.15) is 5.56 Å². The van der Waals surface area contributed by atoms with Gasteiger partial charge in [-0.1, -0.05) is 12.1 Å². The summed E-state index contributed by atoms with van der Waals surface area (Å²) in [6.07, 6.45) is 1.45. The van der Waals surface area contributed by atoms with Crippen LogP contribution in [0.5, 0.6) is 11.5 Å². The number of phenols is 1. The summed E-state index contributed by atoms with van der Waals surface area (Å²) in [5.41, 5.74) is 0.428. The van der Waals surface area contributed by atoms with E-state index >= 15 is 0 Å². The van der Waals surface area contributed by atoms with E-state index in [0.717, 1.165) is 11.8 Å². The van der Waals surface area contributed by atoms with Crippen LogP contribution in [0, 0.1) is 0 Å². The predicted octanol–water partition coefficient (Wildman–Crippen LogP) is 1.72. The van der Waals surface area contributed by atoms with Crippen molar-refractivity contribution in [3.63, 3.8) is 0 Å². The summed E-state index contributed by atoms with van der Waals surface area (Å²) < 4.78 is 4.94. The van der Waals surface area contributed by atoms with Gasteiger partial charge in [0.05, 0.1) is 12.0 Å².